The SMILES string of the molecule is O=C(N1CCN(S(=O)(=O)C2CCS(=O)(=O)C2)CC1)C1(c2ccc3c(c2)OCO3)CCCCC1. The lowest BCUT2D eigenvalue weighted by Gasteiger charge is -2.43. The van der Waals surface area contributed by atoms with Crippen LogP contribution in [0.2, 0.25) is 0 Å². The molecule has 1 atom stereocenters. The van der Waals surface area contributed by atoms with Gasteiger partial charge in [-0.2, -0.15) is 4.31 Å². The van der Waals surface area contributed by atoms with E-state index in [9.17, 15) is 21.6 Å². The smallest absolute Gasteiger partial charge is 0.233 e. The molecule has 2 saturated heterocycles. The van der Waals surface area contributed by atoms with Crippen molar-refractivity contribution < 1.29 is 31.1 Å². The van der Waals surface area contributed by atoms with Gasteiger partial charge < -0.3 is 14.4 Å². The number of hydrogen-bond donors (Lipinski definition) is 0. The molecule has 3 fully saturated rings. The fourth-order valence-corrected chi connectivity index (χ4v) is 10.1. The van der Waals surface area contributed by atoms with Crippen LogP contribution >= 0.6 is 0 Å². The van der Waals surface area contributed by atoms with Crippen molar-refractivity contribution in [2.45, 2.75) is 49.2 Å². The summed E-state index contributed by atoms with van der Waals surface area (Å²) in [6.07, 6.45) is 4.68. The first-order valence-corrected chi connectivity index (χ1v) is 14.9. The van der Waals surface area contributed by atoms with E-state index in [1.807, 2.05) is 18.2 Å². The summed E-state index contributed by atoms with van der Waals surface area (Å²) in [7, 11) is -6.98. The van der Waals surface area contributed by atoms with E-state index < -0.39 is 30.5 Å². The van der Waals surface area contributed by atoms with E-state index in [0.29, 0.717) is 24.6 Å². The highest BCUT2D eigenvalue weighted by molar-refractivity contribution is 7.95. The molecule has 11 heteroatoms. The van der Waals surface area contributed by atoms with E-state index in [0.717, 1.165) is 37.7 Å². The topological polar surface area (TPSA) is 110 Å². The average Bonchev–Trinajstić information content (AvgIpc) is 3.44. The Morgan fingerprint density at radius 3 is 2.36 bits per heavy atom. The van der Waals surface area contributed by atoms with Crippen molar-refractivity contribution in [2.24, 2.45) is 0 Å². The number of piperazine rings is 1. The van der Waals surface area contributed by atoms with E-state index in [-0.39, 0.29) is 43.7 Å². The van der Waals surface area contributed by atoms with Gasteiger partial charge in [0.15, 0.2) is 21.3 Å². The number of carbonyl (C=O) groups excluding carboxylic acids is 1. The van der Waals surface area contributed by atoms with Crippen molar-refractivity contribution in [2.75, 3.05) is 44.5 Å². The van der Waals surface area contributed by atoms with Gasteiger partial charge >= 0.3 is 0 Å². The molecule has 5 rings (SSSR count). The van der Waals surface area contributed by atoms with Crippen LogP contribution in [-0.4, -0.2) is 81.7 Å². The van der Waals surface area contributed by atoms with E-state index in [4.69, 9.17) is 9.47 Å². The number of ether oxygens (including phenoxy) is 2. The van der Waals surface area contributed by atoms with Crippen molar-refractivity contribution in [3.8, 4) is 11.5 Å². The maximum absolute atomic E-state index is 13.9. The second kappa shape index (κ2) is 8.42. The van der Waals surface area contributed by atoms with Gasteiger partial charge in [0.2, 0.25) is 22.7 Å². The summed E-state index contributed by atoms with van der Waals surface area (Å²) in [4.78, 5) is 15.7. The summed E-state index contributed by atoms with van der Waals surface area (Å²) in [6.45, 7) is 1.19. The molecule has 3 aliphatic heterocycles. The lowest BCUT2D eigenvalue weighted by molar-refractivity contribution is -0.140. The third kappa shape index (κ3) is 4.12. The van der Waals surface area contributed by atoms with Crippen molar-refractivity contribution in [1.29, 1.82) is 0 Å². The number of sulfonamides is 1. The maximum Gasteiger partial charge on any atom is 0.233 e. The van der Waals surface area contributed by atoms with Gasteiger partial charge in [-0.05, 0) is 37.0 Å². The normalized spacial score (nSPS) is 26.9. The highest BCUT2D eigenvalue weighted by Gasteiger charge is 2.46. The Balaban J connectivity index is 1.32. The summed E-state index contributed by atoms with van der Waals surface area (Å²) >= 11 is 0. The lowest BCUT2D eigenvalue weighted by atomic mass is 9.68. The Morgan fingerprint density at radius 1 is 1.00 bits per heavy atom. The van der Waals surface area contributed by atoms with E-state index in [1.165, 1.54) is 4.31 Å². The molecular weight excluding hydrogens is 468 g/mol. The molecule has 0 radical (unpaired) electrons. The molecule has 1 aromatic rings. The van der Waals surface area contributed by atoms with Crippen LogP contribution in [0, 0.1) is 0 Å². The Bertz CT molecular complexity index is 1140. The number of rotatable bonds is 4. The van der Waals surface area contributed by atoms with Crippen molar-refractivity contribution >= 4 is 25.8 Å². The first-order valence-electron chi connectivity index (χ1n) is 11.6. The van der Waals surface area contributed by atoms with Gasteiger partial charge in [-0.25, -0.2) is 16.8 Å². The number of nitrogens with zero attached hydrogens (tertiary/aromatic N) is 2. The van der Waals surface area contributed by atoms with Gasteiger partial charge in [0.05, 0.1) is 22.2 Å². The Kier molecular flexibility index (Phi) is 5.85. The molecule has 1 aliphatic carbocycles. The molecule has 0 N–H and O–H groups in total. The monoisotopic (exact) mass is 498 g/mol. The fourth-order valence-electron chi connectivity index (χ4n) is 5.63. The van der Waals surface area contributed by atoms with Crippen molar-refractivity contribution in [3.63, 3.8) is 0 Å². The molecule has 0 spiro atoms. The van der Waals surface area contributed by atoms with E-state index in [2.05, 4.69) is 0 Å². The predicted molar refractivity (Wildman–Crippen MR) is 121 cm³/mol. The zero-order valence-electron chi connectivity index (χ0n) is 18.6. The molecule has 0 bridgehead atoms. The van der Waals surface area contributed by atoms with Crippen LogP contribution in [0.25, 0.3) is 0 Å². The van der Waals surface area contributed by atoms with Crippen LogP contribution in [-0.2, 0) is 30.1 Å². The first-order chi connectivity index (χ1) is 15.7. The van der Waals surface area contributed by atoms with E-state index in [1.54, 1.807) is 4.90 Å². The van der Waals surface area contributed by atoms with Gasteiger partial charge in [0.1, 0.15) is 0 Å². The quantitative estimate of drug-likeness (QED) is 0.615. The van der Waals surface area contributed by atoms with Crippen LogP contribution in [0.5, 0.6) is 11.5 Å². The summed E-state index contributed by atoms with van der Waals surface area (Å²) in [5, 5.41) is -0.872. The molecule has 3 heterocycles. The zero-order valence-corrected chi connectivity index (χ0v) is 20.2. The van der Waals surface area contributed by atoms with E-state index >= 15 is 0 Å². The third-order valence-corrected chi connectivity index (χ3v) is 11.8. The predicted octanol–water partition coefficient (Wildman–Crippen LogP) is 1.28. The highest BCUT2D eigenvalue weighted by Crippen LogP contribution is 2.44. The second-order valence-corrected chi connectivity index (χ2v) is 13.9. The number of amides is 1. The Labute approximate surface area is 195 Å². The summed E-state index contributed by atoms with van der Waals surface area (Å²) in [5.74, 6) is 1.01. The van der Waals surface area contributed by atoms with Crippen molar-refractivity contribution in [3.05, 3.63) is 23.8 Å². The second-order valence-electron chi connectivity index (χ2n) is 9.47. The minimum Gasteiger partial charge on any atom is -0.454 e. The number of carbonyl (C=O) groups is 1. The molecule has 1 amide bonds. The van der Waals surface area contributed by atoms with Crippen LogP contribution < -0.4 is 9.47 Å². The Morgan fingerprint density at radius 2 is 1.70 bits per heavy atom. The van der Waals surface area contributed by atoms with Gasteiger partial charge in [-0.15, -0.1) is 0 Å². The van der Waals surface area contributed by atoms with Crippen LogP contribution in [0.1, 0.15) is 44.1 Å². The van der Waals surface area contributed by atoms with Gasteiger partial charge in [-0.3, -0.25) is 4.79 Å². The maximum atomic E-state index is 13.9. The molecule has 1 aromatic carbocycles. The Hall–Kier alpha value is -1.85. The molecule has 182 valence electrons. The van der Waals surface area contributed by atoms with Crippen LogP contribution in [0.15, 0.2) is 18.2 Å². The van der Waals surface area contributed by atoms with Gasteiger partial charge in [-0.1, -0.05) is 25.3 Å². The van der Waals surface area contributed by atoms with Gasteiger partial charge in [0.25, 0.3) is 0 Å². The molecule has 33 heavy (non-hydrogen) atoms. The molecule has 1 unspecified atom stereocenters. The van der Waals surface area contributed by atoms with Crippen molar-refractivity contribution in [1.82, 2.24) is 9.21 Å². The first kappa shape index (κ1) is 22.9. The summed E-state index contributed by atoms with van der Waals surface area (Å²) in [5.41, 5.74) is 0.294. The van der Waals surface area contributed by atoms with Crippen LogP contribution in [0.3, 0.4) is 0 Å². The molecular formula is C22H30N2O7S2. The van der Waals surface area contributed by atoms with Gasteiger partial charge in [0, 0.05) is 26.2 Å². The number of benzene rings is 1. The number of sulfone groups is 1. The third-order valence-electron chi connectivity index (χ3n) is 7.54. The van der Waals surface area contributed by atoms with Crippen LogP contribution in [0.4, 0.5) is 0 Å². The minimum absolute atomic E-state index is 0.0431. The highest BCUT2D eigenvalue weighted by atomic mass is 32.2. The zero-order chi connectivity index (χ0) is 23.3. The molecule has 0 aromatic heterocycles. The summed E-state index contributed by atoms with van der Waals surface area (Å²) < 4.78 is 61.9. The molecule has 4 aliphatic rings. The fraction of sp³-hybridized carbons (Fsp3) is 0.682. The minimum atomic E-state index is -3.70. The molecule has 1 saturated carbocycles. The molecule has 9 nitrogen and oxygen atoms in total. The number of fused-ring (bicyclic) bond motifs is 1. The average molecular weight is 499 g/mol. The lowest BCUT2D eigenvalue weighted by Crippen LogP contribution is -2.57. The summed E-state index contributed by atoms with van der Waals surface area (Å²) in [6, 6.07) is 5.74. The number of hydrogen-bond acceptors (Lipinski definition) is 7. The standard InChI is InChI=1S/C22H30N2O7S2/c25-21(22(7-2-1-3-8-22)17-4-5-19-20(14-17)31-16-30-19)23-9-11-24(12-10-23)33(28,29)18-6-13-32(26,27)15-18/h4-5,14,18H,1-3,6-13,15-16H2. The largest absolute Gasteiger partial charge is 0.454 e.